The Hall–Kier alpha value is -2.16. The predicted molar refractivity (Wildman–Crippen MR) is 68.8 cm³/mol. The van der Waals surface area contributed by atoms with Crippen molar-refractivity contribution >= 4 is 6.08 Å². The van der Waals surface area contributed by atoms with E-state index in [1.54, 1.807) is 19.4 Å². The lowest BCUT2D eigenvalue weighted by Crippen LogP contribution is -1.92. The highest BCUT2D eigenvalue weighted by molar-refractivity contribution is 5.67. The summed E-state index contributed by atoms with van der Waals surface area (Å²) < 4.78 is 5.11. The Morgan fingerprint density at radius 1 is 1.29 bits per heavy atom. The van der Waals surface area contributed by atoms with E-state index < -0.39 is 0 Å². The maximum Gasteiger partial charge on any atom is 0.213 e. The van der Waals surface area contributed by atoms with Crippen LogP contribution in [-0.2, 0) is 0 Å². The molecule has 0 aromatic carbocycles. The molecule has 3 heteroatoms. The van der Waals surface area contributed by atoms with Crippen LogP contribution in [0.5, 0.6) is 5.88 Å². The summed E-state index contributed by atoms with van der Waals surface area (Å²) in [5, 5.41) is 0. The maximum atomic E-state index is 5.11. The molecule has 0 aliphatic carbocycles. The lowest BCUT2D eigenvalue weighted by molar-refractivity contribution is 0.398. The van der Waals surface area contributed by atoms with Crippen LogP contribution in [0.15, 0.2) is 37.0 Å². The molecular formula is C14H14N2O. The Labute approximate surface area is 101 Å². The fourth-order valence-corrected chi connectivity index (χ4v) is 1.69. The molecule has 0 aliphatic heterocycles. The fourth-order valence-electron chi connectivity index (χ4n) is 1.69. The van der Waals surface area contributed by atoms with Gasteiger partial charge in [0.05, 0.1) is 12.8 Å². The Kier molecular flexibility index (Phi) is 3.19. The molecule has 2 heterocycles. The average Bonchev–Trinajstić information content (AvgIpc) is 2.38. The second kappa shape index (κ2) is 4.78. The summed E-state index contributed by atoms with van der Waals surface area (Å²) in [6.45, 7) is 5.69. The van der Waals surface area contributed by atoms with Gasteiger partial charge in [0.15, 0.2) is 0 Å². The Morgan fingerprint density at radius 3 is 2.76 bits per heavy atom. The quantitative estimate of drug-likeness (QED) is 0.806. The van der Waals surface area contributed by atoms with Crippen molar-refractivity contribution in [1.82, 2.24) is 9.97 Å². The first-order chi connectivity index (χ1) is 8.24. The molecule has 2 aromatic rings. The minimum atomic E-state index is 0.606. The van der Waals surface area contributed by atoms with Crippen molar-refractivity contribution in [2.45, 2.75) is 6.92 Å². The monoisotopic (exact) mass is 226 g/mol. The van der Waals surface area contributed by atoms with Crippen LogP contribution in [0, 0.1) is 6.92 Å². The van der Waals surface area contributed by atoms with Crippen LogP contribution < -0.4 is 4.74 Å². The first-order valence-corrected chi connectivity index (χ1v) is 5.35. The van der Waals surface area contributed by atoms with E-state index in [2.05, 4.69) is 16.5 Å². The molecule has 0 saturated heterocycles. The van der Waals surface area contributed by atoms with Crippen molar-refractivity contribution < 1.29 is 4.74 Å². The molecule has 2 aromatic heterocycles. The van der Waals surface area contributed by atoms with Gasteiger partial charge < -0.3 is 4.74 Å². The van der Waals surface area contributed by atoms with E-state index in [1.807, 2.05) is 31.2 Å². The third-order valence-electron chi connectivity index (χ3n) is 2.57. The zero-order chi connectivity index (χ0) is 12.3. The molecule has 2 rings (SSSR count). The van der Waals surface area contributed by atoms with E-state index in [0.29, 0.717) is 5.88 Å². The SMILES string of the molecule is C=Cc1ccc(-c2ccnc(OC)c2)c(C)n1. The Bertz CT molecular complexity index is 550. The first kappa shape index (κ1) is 11.3. The van der Waals surface area contributed by atoms with E-state index in [0.717, 1.165) is 22.5 Å². The molecule has 0 saturated carbocycles. The highest BCUT2D eigenvalue weighted by atomic mass is 16.5. The summed E-state index contributed by atoms with van der Waals surface area (Å²) in [5.41, 5.74) is 3.98. The highest BCUT2D eigenvalue weighted by Gasteiger charge is 2.05. The van der Waals surface area contributed by atoms with Crippen LogP contribution in [-0.4, -0.2) is 17.1 Å². The van der Waals surface area contributed by atoms with Crippen molar-refractivity contribution in [2.24, 2.45) is 0 Å². The van der Waals surface area contributed by atoms with E-state index in [-0.39, 0.29) is 0 Å². The van der Waals surface area contributed by atoms with Gasteiger partial charge in [-0.1, -0.05) is 12.6 Å². The normalized spacial score (nSPS) is 10.0. The zero-order valence-electron chi connectivity index (χ0n) is 9.97. The van der Waals surface area contributed by atoms with Crippen LogP contribution in [0.2, 0.25) is 0 Å². The minimum absolute atomic E-state index is 0.606. The second-order valence-corrected chi connectivity index (χ2v) is 3.66. The van der Waals surface area contributed by atoms with Gasteiger partial charge in [-0.2, -0.15) is 0 Å². The number of aromatic nitrogens is 2. The molecular weight excluding hydrogens is 212 g/mol. The van der Waals surface area contributed by atoms with Crippen molar-refractivity contribution in [3.05, 3.63) is 48.4 Å². The highest BCUT2D eigenvalue weighted by Crippen LogP contribution is 2.24. The summed E-state index contributed by atoms with van der Waals surface area (Å²) in [6.07, 6.45) is 3.47. The second-order valence-electron chi connectivity index (χ2n) is 3.66. The lowest BCUT2D eigenvalue weighted by Gasteiger charge is -2.07. The van der Waals surface area contributed by atoms with Gasteiger partial charge in [0.2, 0.25) is 5.88 Å². The molecule has 0 unspecified atom stereocenters. The van der Waals surface area contributed by atoms with Crippen LogP contribution in [0.4, 0.5) is 0 Å². The van der Waals surface area contributed by atoms with Gasteiger partial charge in [-0.15, -0.1) is 0 Å². The van der Waals surface area contributed by atoms with Crippen LogP contribution >= 0.6 is 0 Å². The molecule has 3 nitrogen and oxygen atoms in total. The Balaban J connectivity index is 2.48. The summed E-state index contributed by atoms with van der Waals surface area (Å²) in [4.78, 5) is 8.53. The van der Waals surface area contributed by atoms with Crippen molar-refractivity contribution in [2.75, 3.05) is 7.11 Å². The summed E-state index contributed by atoms with van der Waals surface area (Å²) in [7, 11) is 1.61. The van der Waals surface area contributed by atoms with E-state index in [1.165, 1.54) is 0 Å². The number of aryl methyl sites for hydroxylation is 1. The molecule has 0 radical (unpaired) electrons. The van der Waals surface area contributed by atoms with Crippen LogP contribution in [0.1, 0.15) is 11.4 Å². The molecule has 0 aliphatic rings. The molecule has 0 fully saturated rings. The standard InChI is InChI=1S/C14H14N2O/c1-4-12-5-6-13(10(2)16-12)11-7-8-15-14(9-11)17-3/h4-9H,1H2,2-3H3. The topological polar surface area (TPSA) is 35.0 Å². The number of ether oxygens (including phenoxy) is 1. The van der Waals surface area contributed by atoms with Crippen molar-refractivity contribution in [3.8, 4) is 17.0 Å². The van der Waals surface area contributed by atoms with Gasteiger partial charge in [-0.05, 0) is 30.7 Å². The van der Waals surface area contributed by atoms with Crippen molar-refractivity contribution in [1.29, 1.82) is 0 Å². The molecule has 0 amide bonds. The van der Waals surface area contributed by atoms with E-state index >= 15 is 0 Å². The smallest absolute Gasteiger partial charge is 0.213 e. The molecule has 0 atom stereocenters. The van der Waals surface area contributed by atoms with Gasteiger partial charge in [-0.3, -0.25) is 4.98 Å². The summed E-state index contributed by atoms with van der Waals surface area (Å²) in [5.74, 6) is 0.606. The van der Waals surface area contributed by atoms with Gasteiger partial charge in [0.25, 0.3) is 0 Å². The minimum Gasteiger partial charge on any atom is -0.481 e. The summed E-state index contributed by atoms with van der Waals surface area (Å²) in [6, 6.07) is 7.83. The number of hydrogen-bond donors (Lipinski definition) is 0. The maximum absolute atomic E-state index is 5.11. The number of rotatable bonds is 3. The van der Waals surface area contributed by atoms with Gasteiger partial charge in [-0.25, -0.2) is 4.98 Å². The molecule has 0 spiro atoms. The molecule has 86 valence electrons. The van der Waals surface area contributed by atoms with Crippen LogP contribution in [0.25, 0.3) is 17.2 Å². The average molecular weight is 226 g/mol. The predicted octanol–water partition coefficient (Wildman–Crippen LogP) is 3.10. The third kappa shape index (κ3) is 2.33. The largest absolute Gasteiger partial charge is 0.481 e. The van der Waals surface area contributed by atoms with E-state index in [9.17, 15) is 0 Å². The molecule has 0 bridgehead atoms. The van der Waals surface area contributed by atoms with E-state index in [4.69, 9.17) is 4.74 Å². The lowest BCUT2D eigenvalue weighted by atomic mass is 10.1. The van der Waals surface area contributed by atoms with Crippen molar-refractivity contribution in [3.63, 3.8) is 0 Å². The Morgan fingerprint density at radius 2 is 2.12 bits per heavy atom. The third-order valence-corrected chi connectivity index (χ3v) is 2.57. The summed E-state index contributed by atoms with van der Waals surface area (Å²) >= 11 is 0. The molecule has 0 N–H and O–H groups in total. The van der Waals surface area contributed by atoms with Gasteiger partial charge >= 0.3 is 0 Å². The number of nitrogens with zero attached hydrogens (tertiary/aromatic N) is 2. The van der Waals surface area contributed by atoms with Gasteiger partial charge in [0.1, 0.15) is 0 Å². The first-order valence-electron chi connectivity index (χ1n) is 5.35. The number of methoxy groups -OCH3 is 1. The van der Waals surface area contributed by atoms with Crippen LogP contribution in [0.3, 0.4) is 0 Å². The fraction of sp³-hybridized carbons (Fsp3) is 0.143. The number of pyridine rings is 2. The van der Waals surface area contributed by atoms with Gasteiger partial charge in [0, 0.05) is 23.5 Å². The zero-order valence-corrected chi connectivity index (χ0v) is 9.97. The molecule has 17 heavy (non-hydrogen) atoms. The number of hydrogen-bond acceptors (Lipinski definition) is 3.